The summed E-state index contributed by atoms with van der Waals surface area (Å²) in [7, 11) is 1.64. The molecule has 3 rings (SSSR count). The fourth-order valence-electron chi connectivity index (χ4n) is 2.25. The smallest absolute Gasteiger partial charge is 0.255 e. The number of carbonyl (C=O) groups excluding carboxylic acids is 1. The van der Waals surface area contributed by atoms with Crippen LogP contribution in [0.5, 0.6) is 0 Å². The lowest BCUT2D eigenvalue weighted by Crippen LogP contribution is -2.12. The van der Waals surface area contributed by atoms with Crippen molar-refractivity contribution < 1.29 is 9.53 Å². The van der Waals surface area contributed by atoms with Crippen LogP contribution >= 0.6 is 0 Å². The summed E-state index contributed by atoms with van der Waals surface area (Å²) in [5.74, 6) is 0.424. The van der Waals surface area contributed by atoms with Crippen LogP contribution in [-0.4, -0.2) is 23.0 Å². The first-order valence-corrected chi connectivity index (χ1v) is 7.53. The second-order valence-electron chi connectivity index (χ2n) is 5.25. The van der Waals surface area contributed by atoms with Crippen molar-refractivity contribution in [3.05, 3.63) is 78.1 Å². The number of benzene rings is 2. The van der Waals surface area contributed by atoms with E-state index in [1.165, 1.54) is 0 Å². The number of aromatic nitrogens is 2. The Bertz CT molecular complexity index is 800. The normalized spacial score (nSPS) is 10.4. The largest absolute Gasteiger partial charge is 0.380 e. The van der Waals surface area contributed by atoms with Crippen LogP contribution in [0.4, 0.5) is 5.69 Å². The molecule has 120 valence electrons. The highest BCUT2D eigenvalue weighted by atomic mass is 16.5. The zero-order chi connectivity index (χ0) is 16.8. The molecule has 0 aliphatic heterocycles. The Hall–Kier alpha value is -3.05. The first-order valence-electron chi connectivity index (χ1n) is 7.53. The molecule has 1 N–H and O–H groups in total. The molecule has 1 amide bonds. The van der Waals surface area contributed by atoms with Gasteiger partial charge in [-0.2, -0.15) is 0 Å². The Kier molecular flexibility index (Phi) is 4.93. The molecule has 0 atom stereocenters. The second-order valence-corrected chi connectivity index (χ2v) is 5.25. The van der Waals surface area contributed by atoms with Gasteiger partial charge in [-0.1, -0.05) is 42.5 Å². The topological polar surface area (TPSA) is 64.1 Å². The van der Waals surface area contributed by atoms with Crippen LogP contribution in [-0.2, 0) is 11.3 Å². The van der Waals surface area contributed by atoms with Gasteiger partial charge >= 0.3 is 0 Å². The fraction of sp³-hybridized carbons (Fsp3) is 0.105. The van der Waals surface area contributed by atoms with Crippen molar-refractivity contribution in [2.45, 2.75) is 6.61 Å². The van der Waals surface area contributed by atoms with Crippen molar-refractivity contribution in [1.29, 1.82) is 0 Å². The van der Waals surface area contributed by atoms with Gasteiger partial charge in [-0.05, 0) is 17.7 Å². The summed E-state index contributed by atoms with van der Waals surface area (Å²) in [6.45, 7) is 0.524. The van der Waals surface area contributed by atoms with E-state index in [2.05, 4.69) is 15.3 Å². The average Bonchev–Trinajstić information content (AvgIpc) is 2.64. The van der Waals surface area contributed by atoms with Crippen LogP contribution in [0.1, 0.15) is 15.9 Å². The first kappa shape index (κ1) is 15.8. The highest BCUT2D eigenvalue weighted by molar-refractivity contribution is 6.04. The molecule has 3 aromatic rings. The number of carbonyl (C=O) groups is 1. The Labute approximate surface area is 140 Å². The number of anilines is 1. The summed E-state index contributed by atoms with van der Waals surface area (Å²) >= 11 is 0. The first-order chi connectivity index (χ1) is 11.8. The van der Waals surface area contributed by atoms with E-state index in [0.29, 0.717) is 23.7 Å². The van der Waals surface area contributed by atoms with E-state index < -0.39 is 0 Å². The fourth-order valence-corrected chi connectivity index (χ4v) is 2.25. The van der Waals surface area contributed by atoms with Gasteiger partial charge < -0.3 is 10.1 Å². The number of ether oxygens (including phenoxy) is 1. The zero-order valence-electron chi connectivity index (χ0n) is 13.3. The predicted octanol–water partition coefficient (Wildman–Crippen LogP) is 3.54. The van der Waals surface area contributed by atoms with Gasteiger partial charge in [-0.15, -0.1) is 0 Å². The van der Waals surface area contributed by atoms with E-state index in [4.69, 9.17) is 4.74 Å². The van der Waals surface area contributed by atoms with Crippen LogP contribution in [0.15, 0.2) is 67.0 Å². The van der Waals surface area contributed by atoms with Crippen molar-refractivity contribution in [3.8, 4) is 11.4 Å². The van der Waals surface area contributed by atoms with Gasteiger partial charge in [-0.3, -0.25) is 4.79 Å². The molecule has 0 unspecified atom stereocenters. The standard InChI is InChI=1S/C19H17N3O2/c1-24-13-14-7-9-16(10-8-14)19(23)22-17-11-20-18(21-12-17)15-5-3-2-4-6-15/h2-12H,13H2,1H3,(H,22,23). The maximum Gasteiger partial charge on any atom is 0.255 e. The number of nitrogens with zero attached hydrogens (tertiary/aromatic N) is 2. The summed E-state index contributed by atoms with van der Waals surface area (Å²) in [6, 6.07) is 17.0. The van der Waals surface area contributed by atoms with Gasteiger partial charge in [0.15, 0.2) is 5.82 Å². The summed E-state index contributed by atoms with van der Waals surface area (Å²) < 4.78 is 5.05. The number of hydrogen-bond donors (Lipinski definition) is 1. The summed E-state index contributed by atoms with van der Waals surface area (Å²) in [5, 5.41) is 2.79. The van der Waals surface area contributed by atoms with Gasteiger partial charge in [-0.25, -0.2) is 9.97 Å². The Morgan fingerprint density at radius 3 is 2.29 bits per heavy atom. The van der Waals surface area contributed by atoms with Crippen molar-refractivity contribution >= 4 is 11.6 Å². The van der Waals surface area contributed by atoms with Gasteiger partial charge in [0.2, 0.25) is 0 Å². The Morgan fingerprint density at radius 2 is 1.67 bits per heavy atom. The molecule has 0 radical (unpaired) electrons. The summed E-state index contributed by atoms with van der Waals surface area (Å²) in [4.78, 5) is 20.8. The molecule has 0 bridgehead atoms. The summed E-state index contributed by atoms with van der Waals surface area (Å²) in [6.07, 6.45) is 3.21. The Balaban J connectivity index is 1.68. The molecule has 1 heterocycles. The van der Waals surface area contributed by atoms with E-state index in [1.54, 1.807) is 31.6 Å². The summed E-state index contributed by atoms with van der Waals surface area (Å²) in [5.41, 5.74) is 3.08. The van der Waals surface area contributed by atoms with Crippen molar-refractivity contribution in [3.63, 3.8) is 0 Å². The van der Waals surface area contributed by atoms with E-state index >= 15 is 0 Å². The van der Waals surface area contributed by atoms with Crippen LogP contribution in [0, 0.1) is 0 Å². The van der Waals surface area contributed by atoms with E-state index in [9.17, 15) is 4.79 Å². The van der Waals surface area contributed by atoms with Crippen LogP contribution in [0.25, 0.3) is 11.4 Å². The number of hydrogen-bond acceptors (Lipinski definition) is 4. The molecule has 0 saturated carbocycles. The molecule has 0 fully saturated rings. The van der Waals surface area contributed by atoms with Crippen molar-refractivity contribution in [1.82, 2.24) is 9.97 Å². The zero-order valence-corrected chi connectivity index (χ0v) is 13.3. The van der Waals surface area contributed by atoms with E-state index in [0.717, 1.165) is 11.1 Å². The molecule has 5 nitrogen and oxygen atoms in total. The third-order valence-corrected chi connectivity index (χ3v) is 3.47. The SMILES string of the molecule is COCc1ccc(C(=O)Nc2cnc(-c3ccccc3)nc2)cc1. The molecular weight excluding hydrogens is 302 g/mol. The molecular formula is C19H17N3O2. The number of rotatable bonds is 5. The number of amides is 1. The second kappa shape index (κ2) is 7.48. The third-order valence-electron chi connectivity index (χ3n) is 3.47. The molecule has 0 aliphatic rings. The third kappa shape index (κ3) is 3.83. The lowest BCUT2D eigenvalue weighted by molar-refractivity contribution is 0.102. The molecule has 0 saturated heterocycles. The van der Waals surface area contributed by atoms with Gasteiger partial charge in [0.05, 0.1) is 24.7 Å². The quantitative estimate of drug-likeness (QED) is 0.781. The van der Waals surface area contributed by atoms with Gasteiger partial charge in [0.1, 0.15) is 0 Å². The highest BCUT2D eigenvalue weighted by Crippen LogP contribution is 2.15. The van der Waals surface area contributed by atoms with Crippen LogP contribution in [0.2, 0.25) is 0 Å². The van der Waals surface area contributed by atoms with Gasteiger partial charge in [0.25, 0.3) is 5.91 Å². The molecule has 2 aromatic carbocycles. The van der Waals surface area contributed by atoms with Crippen molar-refractivity contribution in [2.24, 2.45) is 0 Å². The average molecular weight is 319 g/mol. The van der Waals surface area contributed by atoms with E-state index in [1.807, 2.05) is 42.5 Å². The molecule has 0 aliphatic carbocycles. The molecule has 24 heavy (non-hydrogen) atoms. The molecule has 0 spiro atoms. The lowest BCUT2D eigenvalue weighted by atomic mass is 10.1. The maximum atomic E-state index is 12.2. The number of methoxy groups -OCH3 is 1. The molecule has 1 aromatic heterocycles. The minimum absolute atomic E-state index is 0.199. The lowest BCUT2D eigenvalue weighted by Gasteiger charge is -2.06. The van der Waals surface area contributed by atoms with Gasteiger partial charge in [0, 0.05) is 18.2 Å². The van der Waals surface area contributed by atoms with E-state index in [-0.39, 0.29) is 5.91 Å². The minimum atomic E-state index is -0.199. The Morgan fingerprint density at radius 1 is 1.00 bits per heavy atom. The molecule has 5 heteroatoms. The van der Waals surface area contributed by atoms with Crippen molar-refractivity contribution in [2.75, 3.05) is 12.4 Å². The monoisotopic (exact) mass is 319 g/mol. The predicted molar refractivity (Wildman–Crippen MR) is 92.6 cm³/mol. The van der Waals surface area contributed by atoms with Crippen LogP contribution < -0.4 is 5.32 Å². The number of nitrogens with one attached hydrogen (secondary N) is 1. The maximum absolute atomic E-state index is 12.2. The van der Waals surface area contributed by atoms with Crippen LogP contribution in [0.3, 0.4) is 0 Å². The minimum Gasteiger partial charge on any atom is -0.380 e. The highest BCUT2D eigenvalue weighted by Gasteiger charge is 2.07.